The van der Waals surface area contributed by atoms with Crippen molar-refractivity contribution in [3.63, 3.8) is 0 Å². The van der Waals surface area contributed by atoms with Gasteiger partial charge in [0.15, 0.2) is 5.96 Å². The smallest absolute Gasteiger partial charge is 0.411 e. The van der Waals surface area contributed by atoms with Gasteiger partial charge in [-0.2, -0.15) is 13.2 Å². The molecule has 2 aromatic rings. The van der Waals surface area contributed by atoms with Crippen molar-refractivity contribution in [1.29, 1.82) is 0 Å². The van der Waals surface area contributed by atoms with Gasteiger partial charge in [-0.3, -0.25) is 0 Å². The van der Waals surface area contributed by atoms with E-state index in [1.807, 2.05) is 43.3 Å². The predicted octanol–water partition coefficient (Wildman–Crippen LogP) is 4.07. The van der Waals surface area contributed by atoms with Gasteiger partial charge in [0.1, 0.15) is 12.4 Å². The second-order valence-corrected chi connectivity index (χ2v) is 6.61. The van der Waals surface area contributed by atoms with Gasteiger partial charge in [0.25, 0.3) is 0 Å². The van der Waals surface area contributed by atoms with Crippen LogP contribution in [0.1, 0.15) is 23.6 Å². The SMILES string of the molecule is CCNC(=NCc1ccc(COCC(F)(F)F)cc1)NCCc1ccccc1OC. The summed E-state index contributed by atoms with van der Waals surface area (Å²) in [4.78, 5) is 4.56. The largest absolute Gasteiger partial charge is 0.496 e. The number of para-hydroxylation sites is 1. The first kappa shape index (κ1) is 23.5. The Morgan fingerprint density at radius 2 is 1.70 bits per heavy atom. The van der Waals surface area contributed by atoms with E-state index in [4.69, 9.17) is 4.74 Å². The molecule has 164 valence electrons. The van der Waals surface area contributed by atoms with Gasteiger partial charge in [-0.15, -0.1) is 0 Å². The monoisotopic (exact) mass is 423 g/mol. The Hall–Kier alpha value is -2.74. The first-order valence-corrected chi connectivity index (χ1v) is 9.77. The van der Waals surface area contributed by atoms with Crippen LogP contribution in [0, 0.1) is 0 Å². The zero-order valence-electron chi connectivity index (χ0n) is 17.3. The lowest BCUT2D eigenvalue weighted by atomic mass is 10.1. The van der Waals surface area contributed by atoms with Gasteiger partial charge in [-0.1, -0.05) is 42.5 Å². The molecule has 0 spiro atoms. The van der Waals surface area contributed by atoms with E-state index in [1.165, 1.54) is 0 Å². The van der Waals surface area contributed by atoms with Crippen molar-refractivity contribution in [3.8, 4) is 5.75 Å². The highest BCUT2D eigenvalue weighted by Crippen LogP contribution is 2.17. The maximum atomic E-state index is 12.1. The molecule has 0 bridgehead atoms. The summed E-state index contributed by atoms with van der Waals surface area (Å²) in [6.45, 7) is 2.56. The molecule has 2 N–H and O–H groups in total. The number of nitrogens with one attached hydrogen (secondary N) is 2. The molecule has 2 rings (SSSR count). The number of nitrogens with zero attached hydrogens (tertiary/aromatic N) is 1. The zero-order valence-corrected chi connectivity index (χ0v) is 17.3. The summed E-state index contributed by atoms with van der Waals surface area (Å²) in [5, 5.41) is 6.50. The van der Waals surface area contributed by atoms with Crippen molar-refractivity contribution in [2.45, 2.75) is 32.7 Å². The number of rotatable bonds is 10. The number of hydrogen-bond donors (Lipinski definition) is 2. The Morgan fingerprint density at radius 1 is 1.00 bits per heavy atom. The van der Waals surface area contributed by atoms with Crippen molar-refractivity contribution >= 4 is 5.96 Å². The predicted molar refractivity (Wildman–Crippen MR) is 112 cm³/mol. The fourth-order valence-electron chi connectivity index (χ4n) is 2.76. The number of benzene rings is 2. The van der Waals surface area contributed by atoms with Gasteiger partial charge in [-0.05, 0) is 36.1 Å². The molecule has 0 radical (unpaired) electrons. The number of guanidine groups is 1. The molecule has 2 aromatic carbocycles. The number of ether oxygens (including phenoxy) is 2. The summed E-state index contributed by atoms with van der Waals surface area (Å²) in [7, 11) is 1.66. The number of hydrogen-bond acceptors (Lipinski definition) is 3. The number of alkyl halides is 3. The maximum Gasteiger partial charge on any atom is 0.411 e. The van der Waals surface area contributed by atoms with E-state index in [2.05, 4.69) is 20.4 Å². The molecule has 0 aliphatic heterocycles. The molecular weight excluding hydrogens is 395 g/mol. The molecule has 0 saturated carbocycles. The third-order valence-corrected chi connectivity index (χ3v) is 4.20. The van der Waals surface area contributed by atoms with Crippen LogP contribution in [-0.2, 0) is 24.3 Å². The Balaban J connectivity index is 1.84. The molecule has 30 heavy (non-hydrogen) atoms. The van der Waals surface area contributed by atoms with Gasteiger partial charge in [-0.25, -0.2) is 4.99 Å². The Labute approximate surface area is 175 Å². The lowest BCUT2D eigenvalue weighted by Gasteiger charge is -2.13. The highest BCUT2D eigenvalue weighted by atomic mass is 19.4. The minimum absolute atomic E-state index is 0.0732. The standard InChI is InChI=1S/C22H28F3N3O2/c1-3-26-21(27-13-12-19-6-4-5-7-20(19)29-2)28-14-17-8-10-18(11-9-17)15-30-16-22(23,24)25/h4-11H,3,12-16H2,1-2H3,(H2,26,27,28). The third-order valence-electron chi connectivity index (χ3n) is 4.20. The van der Waals surface area contributed by atoms with Gasteiger partial charge >= 0.3 is 6.18 Å². The van der Waals surface area contributed by atoms with E-state index < -0.39 is 12.8 Å². The molecule has 0 fully saturated rings. The fourth-order valence-corrected chi connectivity index (χ4v) is 2.76. The van der Waals surface area contributed by atoms with Crippen molar-refractivity contribution in [2.75, 3.05) is 26.8 Å². The molecule has 0 aliphatic carbocycles. The van der Waals surface area contributed by atoms with E-state index in [9.17, 15) is 13.2 Å². The van der Waals surface area contributed by atoms with Crippen LogP contribution in [0.15, 0.2) is 53.5 Å². The highest BCUT2D eigenvalue weighted by Gasteiger charge is 2.27. The summed E-state index contributed by atoms with van der Waals surface area (Å²) in [5.41, 5.74) is 2.76. The minimum atomic E-state index is -4.31. The average Bonchev–Trinajstić information content (AvgIpc) is 2.72. The minimum Gasteiger partial charge on any atom is -0.496 e. The molecule has 0 atom stereocenters. The van der Waals surface area contributed by atoms with E-state index in [1.54, 1.807) is 19.2 Å². The molecule has 0 saturated heterocycles. The van der Waals surface area contributed by atoms with Crippen LogP contribution in [0.3, 0.4) is 0 Å². The van der Waals surface area contributed by atoms with E-state index >= 15 is 0 Å². The summed E-state index contributed by atoms with van der Waals surface area (Å²) >= 11 is 0. The molecule has 0 aromatic heterocycles. The number of methoxy groups -OCH3 is 1. The average molecular weight is 423 g/mol. The normalized spacial score (nSPS) is 12.0. The van der Waals surface area contributed by atoms with E-state index in [-0.39, 0.29) is 6.61 Å². The Kier molecular flexibility index (Phi) is 9.47. The number of aliphatic imine (C=N–C) groups is 1. The molecular formula is C22H28F3N3O2. The first-order chi connectivity index (χ1) is 14.4. The summed E-state index contributed by atoms with van der Waals surface area (Å²) in [5.74, 6) is 1.56. The fraction of sp³-hybridized carbons (Fsp3) is 0.409. The van der Waals surface area contributed by atoms with Gasteiger partial charge in [0, 0.05) is 13.1 Å². The van der Waals surface area contributed by atoms with Crippen molar-refractivity contribution in [2.24, 2.45) is 4.99 Å². The Bertz CT molecular complexity index is 793. The van der Waals surface area contributed by atoms with E-state index in [0.717, 1.165) is 29.8 Å². The maximum absolute atomic E-state index is 12.1. The number of halogens is 3. The van der Waals surface area contributed by atoms with Crippen molar-refractivity contribution in [1.82, 2.24) is 10.6 Å². The van der Waals surface area contributed by atoms with Crippen molar-refractivity contribution in [3.05, 3.63) is 65.2 Å². The van der Waals surface area contributed by atoms with Gasteiger partial charge in [0.2, 0.25) is 0 Å². The summed E-state index contributed by atoms with van der Waals surface area (Å²) in [6.07, 6.45) is -3.52. The molecule has 0 heterocycles. The topological polar surface area (TPSA) is 54.9 Å². The lowest BCUT2D eigenvalue weighted by Crippen LogP contribution is -2.38. The van der Waals surface area contributed by atoms with Gasteiger partial charge in [0.05, 0.1) is 20.3 Å². The zero-order chi connectivity index (χ0) is 21.8. The molecule has 8 heteroatoms. The molecule has 0 amide bonds. The molecule has 5 nitrogen and oxygen atoms in total. The van der Waals surface area contributed by atoms with Crippen LogP contribution in [0.2, 0.25) is 0 Å². The summed E-state index contributed by atoms with van der Waals surface area (Å²) in [6, 6.07) is 15.1. The van der Waals surface area contributed by atoms with Crippen LogP contribution < -0.4 is 15.4 Å². The van der Waals surface area contributed by atoms with Crippen LogP contribution in [0.5, 0.6) is 5.75 Å². The quantitative estimate of drug-likeness (QED) is 0.447. The Morgan fingerprint density at radius 3 is 2.37 bits per heavy atom. The van der Waals surface area contributed by atoms with Crippen molar-refractivity contribution < 1.29 is 22.6 Å². The van der Waals surface area contributed by atoms with Gasteiger partial charge < -0.3 is 20.1 Å². The molecule has 0 aliphatic rings. The molecule has 0 unspecified atom stereocenters. The third kappa shape index (κ3) is 8.73. The summed E-state index contributed by atoms with van der Waals surface area (Å²) < 4.78 is 46.4. The van der Waals surface area contributed by atoms with Crippen LogP contribution in [0.25, 0.3) is 0 Å². The second kappa shape index (κ2) is 12.1. The second-order valence-electron chi connectivity index (χ2n) is 6.61. The van der Waals surface area contributed by atoms with Crippen LogP contribution in [-0.4, -0.2) is 38.9 Å². The lowest BCUT2D eigenvalue weighted by molar-refractivity contribution is -0.176. The first-order valence-electron chi connectivity index (χ1n) is 9.77. The van der Waals surface area contributed by atoms with E-state index in [0.29, 0.717) is 24.6 Å². The van der Waals surface area contributed by atoms with Crippen LogP contribution >= 0.6 is 0 Å². The van der Waals surface area contributed by atoms with Crippen LogP contribution in [0.4, 0.5) is 13.2 Å². The highest BCUT2D eigenvalue weighted by molar-refractivity contribution is 5.79.